The molecule has 1 amide bonds. The summed E-state index contributed by atoms with van der Waals surface area (Å²) in [6.45, 7) is 3.74. The Morgan fingerprint density at radius 1 is 1.62 bits per heavy atom. The highest BCUT2D eigenvalue weighted by Crippen LogP contribution is 2.14. The summed E-state index contributed by atoms with van der Waals surface area (Å²) in [4.78, 5) is 16.1. The molecule has 0 bridgehead atoms. The molecule has 1 aromatic rings. The quantitative estimate of drug-likeness (QED) is 0.789. The molecule has 1 atom stereocenters. The Bertz CT molecular complexity index is 372. The first-order valence-electron chi connectivity index (χ1n) is 5.70. The van der Waals surface area contributed by atoms with Crippen LogP contribution in [0.5, 0.6) is 0 Å². The minimum atomic E-state index is 0.0778. The molecular weight excluding hydrogens is 202 g/mol. The summed E-state index contributed by atoms with van der Waals surface area (Å²) in [6.07, 6.45) is 3.73. The molecule has 4 heteroatoms. The van der Waals surface area contributed by atoms with Crippen molar-refractivity contribution in [1.82, 2.24) is 10.3 Å². The third-order valence-corrected chi connectivity index (χ3v) is 2.92. The van der Waals surface area contributed by atoms with Crippen molar-refractivity contribution in [3.63, 3.8) is 0 Å². The number of nitrogens with one attached hydrogen (secondary N) is 2. The van der Waals surface area contributed by atoms with E-state index in [1.54, 1.807) is 6.20 Å². The van der Waals surface area contributed by atoms with Crippen LogP contribution in [0.4, 0.5) is 5.82 Å². The van der Waals surface area contributed by atoms with Gasteiger partial charge in [-0.25, -0.2) is 4.98 Å². The van der Waals surface area contributed by atoms with Crippen molar-refractivity contribution >= 4 is 11.7 Å². The topological polar surface area (TPSA) is 54.0 Å². The first kappa shape index (κ1) is 11.1. The van der Waals surface area contributed by atoms with Gasteiger partial charge in [-0.3, -0.25) is 4.79 Å². The summed E-state index contributed by atoms with van der Waals surface area (Å²) in [6, 6.07) is 3.81. The average molecular weight is 219 g/mol. The van der Waals surface area contributed by atoms with Crippen molar-refractivity contribution in [3.8, 4) is 0 Å². The van der Waals surface area contributed by atoms with Crippen LogP contribution >= 0.6 is 0 Å². The maximum absolute atomic E-state index is 11.9. The number of rotatable bonds is 2. The van der Waals surface area contributed by atoms with E-state index in [9.17, 15) is 4.79 Å². The average Bonchev–Trinajstić information content (AvgIpc) is 2.33. The zero-order valence-corrected chi connectivity index (χ0v) is 9.49. The van der Waals surface area contributed by atoms with Crippen molar-refractivity contribution in [1.29, 1.82) is 0 Å². The van der Waals surface area contributed by atoms with E-state index >= 15 is 0 Å². The maximum atomic E-state index is 11.9. The zero-order chi connectivity index (χ0) is 11.4. The highest BCUT2D eigenvalue weighted by Gasteiger charge is 2.21. The van der Waals surface area contributed by atoms with Gasteiger partial charge in [-0.2, -0.15) is 0 Å². The summed E-state index contributed by atoms with van der Waals surface area (Å²) in [7, 11) is 0. The molecule has 16 heavy (non-hydrogen) atoms. The minimum absolute atomic E-state index is 0.0778. The van der Waals surface area contributed by atoms with Crippen molar-refractivity contribution in [2.45, 2.75) is 19.8 Å². The number of piperidine rings is 1. The lowest BCUT2D eigenvalue weighted by Crippen LogP contribution is -2.37. The lowest BCUT2D eigenvalue weighted by molar-refractivity contribution is -0.120. The summed E-state index contributed by atoms with van der Waals surface area (Å²) in [5.41, 5.74) is 1.000. The Kier molecular flexibility index (Phi) is 3.51. The van der Waals surface area contributed by atoms with Crippen LogP contribution in [0.3, 0.4) is 0 Å². The van der Waals surface area contributed by atoms with Crippen LogP contribution in [0.25, 0.3) is 0 Å². The van der Waals surface area contributed by atoms with Gasteiger partial charge in [0.15, 0.2) is 0 Å². The largest absolute Gasteiger partial charge is 0.316 e. The second-order valence-corrected chi connectivity index (χ2v) is 4.20. The fourth-order valence-corrected chi connectivity index (χ4v) is 1.91. The number of carbonyl (C=O) groups excluding carboxylic acids is 1. The Hall–Kier alpha value is -1.42. The van der Waals surface area contributed by atoms with E-state index in [0.29, 0.717) is 5.82 Å². The number of nitrogens with zero attached hydrogens (tertiary/aromatic N) is 1. The second-order valence-electron chi connectivity index (χ2n) is 4.20. The van der Waals surface area contributed by atoms with Crippen molar-refractivity contribution < 1.29 is 4.79 Å². The van der Waals surface area contributed by atoms with E-state index in [1.807, 2.05) is 19.1 Å². The van der Waals surface area contributed by atoms with Crippen molar-refractivity contribution in [2.24, 2.45) is 5.92 Å². The molecule has 1 saturated heterocycles. The van der Waals surface area contributed by atoms with E-state index in [1.165, 1.54) is 0 Å². The summed E-state index contributed by atoms with van der Waals surface area (Å²) < 4.78 is 0. The number of amides is 1. The summed E-state index contributed by atoms with van der Waals surface area (Å²) in [5.74, 6) is 0.835. The number of aryl methyl sites for hydroxylation is 1. The normalized spacial score (nSPS) is 20.4. The molecule has 2 N–H and O–H groups in total. The van der Waals surface area contributed by atoms with Crippen LogP contribution in [0.2, 0.25) is 0 Å². The maximum Gasteiger partial charge on any atom is 0.229 e. The van der Waals surface area contributed by atoms with Crippen LogP contribution in [0.15, 0.2) is 18.3 Å². The molecule has 4 nitrogen and oxygen atoms in total. The van der Waals surface area contributed by atoms with Gasteiger partial charge in [0.1, 0.15) is 5.82 Å². The minimum Gasteiger partial charge on any atom is -0.316 e. The van der Waals surface area contributed by atoms with Gasteiger partial charge in [0.2, 0.25) is 5.91 Å². The predicted octanol–water partition coefficient (Wildman–Crippen LogP) is 1.33. The first-order chi connectivity index (χ1) is 7.77. The number of aromatic nitrogens is 1. The molecule has 0 unspecified atom stereocenters. The number of hydrogen-bond donors (Lipinski definition) is 2. The van der Waals surface area contributed by atoms with E-state index in [2.05, 4.69) is 15.6 Å². The van der Waals surface area contributed by atoms with Gasteiger partial charge >= 0.3 is 0 Å². The Morgan fingerprint density at radius 3 is 3.19 bits per heavy atom. The van der Waals surface area contributed by atoms with Gasteiger partial charge in [0.25, 0.3) is 0 Å². The molecule has 0 radical (unpaired) electrons. The molecule has 0 saturated carbocycles. The number of hydrogen-bond acceptors (Lipinski definition) is 3. The molecule has 0 aromatic carbocycles. The molecule has 2 heterocycles. The Morgan fingerprint density at radius 2 is 2.50 bits per heavy atom. The fraction of sp³-hybridized carbons (Fsp3) is 0.500. The Balaban J connectivity index is 1.99. The van der Waals surface area contributed by atoms with Gasteiger partial charge in [0.05, 0.1) is 5.92 Å². The third kappa shape index (κ3) is 2.58. The van der Waals surface area contributed by atoms with Crippen molar-refractivity contribution in [2.75, 3.05) is 18.4 Å². The van der Waals surface area contributed by atoms with E-state index in [-0.39, 0.29) is 11.8 Å². The molecule has 86 valence electrons. The second kappa shape index (κ2) is 5.07. The molecule has 1 aliphatic heterocycles. The van der Waals surface area contributed by atoms with Crippen LogP contribution < -0.4 is 10.6 Å². The van der Waals surface area contributed by atoms with E-state index in [0.717, 1.165) is 31.5 Å². The summed E-state index contributed by atoms with van der Waals surface area (Å²) >= 11 is 0. The molecular formula is C12H17N3O. The monoisotopic (exact) mass is 219 g/mol. The van der Waals surface area contributed by atoms with Crippen LogP contribution in [0, 0.1) is 12.8 Å². The number of carbonyl (C=O) groups is 1. The highest BCUT2D eigenvalue weighted by atomic mass is 16.2. The molecule has 2 rings (SSSR count). The first-order valence-corrected chi connectivity index (χ1v) is 5.70. The molecule has 0 spiro atoms. The molecule has 1 fully saturated rings. The van der Waals surface area contributed by atoms with Gasteiger partial charge in [-0.05, 0) is 37.9 Å². The van der Waals surface area contributed by atoms with Gasteiger partial charge in [-0.1, -0.05) is 6.07 Å². The van der Waals surface area contributed by atoms with E-state index < -0.39 is 0 Å². The zero-order valence-electron chi connectivity index (χ0n) is 9.49. The van der Waals surface area contributed by atoms with Gasteiger partial charge in [0, 0.05) is 12.7 Å². The lowest BCUT2D eigenvalue weighted by Gasteiger charge is -2.21. The lowest BCUT2D eigenvalue weighted by atomic mass is 9.99. The van der Waals surface area contributed by atoms with Crippen molar-refractivity contribution in [3.05, 3.63) is 23.9 Å². The molecule has 0 aliphatic carbocycles. The SMILES string of the molecule is Cc1cccnc1NC(=O)[C@H]1CCCNC1. The van der Waals surface area contributed by atoms with Crippen LogP contribution in [-0.2, 0) is 4.79 Å². The smallest absolute Gasteiger partial charge is 0.229 e. The number of pyridine rings is 1. The number of anilines is 1. The van der Waals surface area contributed by atoms with Crippen LogP contribution in [-0.4, -0.2) is 24.0 Å². The van der Waals surface area contributed by atoms with Gasteiger partial charge < -0.3 is 10.6 Å². The van der Waals surface area contributed by atoms with Crippen LogP contribution in [0.1, 0.15) is 18.4 Å². The molecule has 1 aliphatic rings. The highest BCUT2D eigenvalue weighted by molar-refractivity contribution is 5.92. The fourth-order valence-electron chi connectivity index (χ4n) is 1.91. The summed E-state index contributed by atoms with van der Waals surface area (Å²) in [5, 5.41) is 6.12. The van der Waals surface area contributed by atoms with E-state index in [4.69, 9.17) is 0 Å². The standard InChI is InChI=1S/C12H17N3O/c1-9-4-2-7-14-11(9)15-12(16)10-5-3-6-13-8-10/h2,4,7,10,13H,3,5-6,8H2,1H3,(H,14,15,16)/t10-/m0/s1. The van der Waals surface area contributed by atoms with Gasteiger partial charge in [-0.15, -0.1) is 0 Å². The predicted molar refractivity (Wildman–Crippen MR) is 63.2 cm³/mol. The molecule has 1 aromatic heterocycles. The Labute approximate surface area is 95.5 Å². The third-order valence-electron chi connectivity index (χ3n) is 2.92.